The molecule has 0 aliphatic carbocycles. The molecule has 0 aromatic heterocycles. The Labute approximate surface area is 89.9 Å². The van der Waals surface area contributed by atoms with E-state index < -0.39 is 18.5 Å². The van der Waals surface area contributed by atoms with Crippen LogP contribution in [0.15, 0.2) is 24.3 Å². The first-order valence-electron chi connectivity index (χ1n) is 4.48. The monoisotopic (exact) mass is 233 g/mol. The average Bonchev–Trinajstić information content (AvgIpc) is 2.15. The van der Waals surface area contributed by atoms with Crippen molar-refractivity contribution in [2.45, 2.75) is 19.2 Å². The second-order valence-electron chi connectivity index (χ2n) is 3.16. The van der Waals surface area contributed by atoms with Gasteiger partial charge in [0, 0.05) is 11.3 Å². The first kappa shape index (κ1) is 12.5. The fourth-order valence-electron chi connectivity index (χ4n) is 1.16. The lowest BCUT2D eigenvalue weighted by molar-refractivity contribution is -0.150. The number of hydrogen-bond donors (Lipinski definition) is 2. The summed E-state index contributed by atoms with van der Waals surface area (Å²) >= 11 is 0. The molecule has 1 amide bonds. The van der Waals surface area contributed by atoms with Crippen molar-refractivity contribution in [2.75, 3.05) is 5.32 Å². The lowest BCUT2D eigenvalue weighted by Gasteiger charge is -2.10. The molecule has 1 aromatic carbocycles. The summed E-state index contributed by atoms with van der Waals surface area (Å²) < 4.78 is 35.6. The van der Waals surface area contributed by atoms with Crippen LogP contribution in [0.1, 0.15) is 12.0 Å². The number of benzene rings is 1. The highest BCUT2D eigenvalue weighted by Crippen LogP contribution is 2.21. The summed E-state index contributed by atoms with van der Waals surface area (Å²) in [6.07, 6.45) is -6.06. The van der Waals surface area contributed by atoms with Gasteiger partial charge in [-0.2, -0.15) is 13.2 Å². The minimum Gasteiger partial charge on any atom is -0.392 e. The van der Waals surface area contributed by atoms with Gasteiger partial charge in [0.15, 0.2) is 0 Å². The van der Waals surface area contributed by atoms with Crippen molar-refractivity contribution < 1.29 is 23.1 Å². The van der Waals surface area contributed by atoms with Crippen molar-refractivity contribution in [2.24, 2.45) is 0 Å². The molecular weight excluding hydrogens is 223 g/mol. The van der Waals surface area contributed by atoms with E-state index in [1.807, 2.05) is 0 Å². The first-order chi connectivity index (χ1) is 7.42. The van der Waals surface area contributed by atoms with Crippen LogP contribution in [0.3, 0.4) is 0 Å². The molecule has 88 valence electrons. The molecule has 3 nitrogen and oxygen atoms in total. The molecule has 0 saturated carbocycles. The van der Waals surface area contributed by atoms with Gasteiger partial charge in [-0.05, 0) is 6.07 Å². The molecule has 6 heteroatoms. The van der Waals surface area contributed by atoms with Crippen molar-refractivity contribution in [3.8, 4) is 0 Å². The third kappa shape index (κ3) is 3.90. The average molecular weight is 233 g/mol. The molecule has 1 aromatic rings. The normalized spacial score (nSPS) is 11.2. The van der Waals surface area contributed by atoms with E-state index in [1.165, 1.54) is 12.1 Å². The number of hydrogen-bond acceptors (Lipinski definition) is 2. The van der Waals surface area contributed by atoms with Crippen LogP contribution >= 0.6 is 0 Å². The van der Waals surface area contributed by atoms with E-state index in [2.05, 4.69) is 5.32 Å². The maximum atomic E-state index is 11.9. The van der Waals surface area contributed by atoms with Crippen LogP contribution in [0.4, 0.5) is 18.9 Å². The maximum absolute atomic E-state index is 11.9. The van der Waals surface area contributed by atoms with Gasteiger partial charge in [-0.15, -0.1) is 0 Å². The lowest BCUT2D eigenvalue weighted by atomic mass is 10.2. The number of aliphatic hydroxyl groups excluding tert-OH is 1. The molecule has 0 atom stereocenters. The minimum atomic E-state index is -4.53. The second-order valence-corrected chi connectivity index (χ2v) is 3.16. The van der Waals surface area contributed by atoms with E-state index in [4.69, 9.17) is 5.11 Å². The van der Waals surface area contributed by atoms with E-state index >= 15 is 0 Å². The zero-order valence-corrected chi connectivity index (χ0v) is 8.21. The Morgan fingerprint density at radius 1 is 1.31 bits per heavy atom. The molecule has 0 saturated heterocycles. The van der Waals surface area contributed by atoms with Gasteiger partial charge in [0.25, 0.3) is 0 Å². The van der Waals surface area contributed by atoms with E-state index in [0.29, 0.717) is 5.56 Å². The molecule has 0 radical (unpaired) electrons. The van der Waals surface area contributed by atoms with E-state index in [-0.39, 0.29) is 12.3 Å². The van der Waals surface area contributed by atoms with Crippen molar-refractivity contribution in [3.63, 3.8) is 0 Å². The van der Waals surface area contributed by atoms with Crippen LogP contribution in [-0.2, 0) is 11.4 Å². The van der Waals surface area contributed by atoms with Gasteiger partial charge < -0.3 is 10.4 Å². The van der Waals surface area contributed by atoms with E-state index in [0.717, 1.165) is 0 Å². The number of carbonyl (C=O) groups excluding carboxylic acids is 1. The number of nitrogens with one attached hydrogen (secondary N) is 1. The van der Waals surface area contributed by atoms with Gasteiger partial charge in [-0.3, -0.25) is 4.79 Å². The predicted octanol–water partition coefficient (Wildman–Crippen LogP) is 2.07. The summed E-state index contributed by atoms with van der Waals surface area (Å²) in [5.74, 6) is -1.14. The Hall–Kier alpha value is -1.56. The maximum Gasteiger partial charge on any atom is 0.397 e. The third-order valence-corrected chi connectivity index (χ3v) is 1.82. The molecule has 0 unspecified atom stereocenters. The van der Waals surface area contributed by atoms with Gasteiger partial charge in [0.05, 0.1) is 6.61 Å². The summed E-state index contributed by atoms with van der Waals surface area (Å²) in [7, 11) is 0. The fourth-order valence-corrected chi connectivity index (χ4v) is 1.16. The van der Waals surface area contributed by atoms with Gasteiger partial charge in [-0.25, -0.2) is 0 Å². The quantitative estimate of drug-likeness (QED) is 0.839. The Kier molecular flexibility index (Phi) is 3.89. The predicted molar refractivity (Wildman–Crippen MR) is 51.7 cm³/mol. The van der Waals surface area contributed by atoms with Gasteiger partial charge in [0.2, 0.25) is 5.91 Å². The smallest absolute Gasteiger partial charge is 0.392 e. The zero-order chi connectivity index (χ0) is 12.2. The Balaban J connectivity index is 2.70. The number of alkyl halides is 3. The second kappa shape index (κ2) is 4.98. The highest BCUT2D eigenvalue weighted by atomic mass is 19.4. The van der Waals surface area contributed by atoms with Crippen LogP contribution < -0.4 is 5.32 Å². The van der Waals surface area contributed by atoms with Crippen LogP contribution in [0, 0.1) is 0 Å². The molecule has 0 heterocycles. The molecule has 2 N–H and O–H groups in total. The molecule has 0 aliphatic rings. The van der Waals surface area contributed by atoms with Crippen LogP contribution in [0.25, 0.3) is 0 Å². The number of anilines is 1. The molecule has 0 fully saturated rings. The summed E-state index contributed by atoms with van der Waals surface area (Å²) in [6.45, 7) is -0.345. The van der Waals surface area contributed by atoms with Crippen LogP contribution in [-0.4, -0.2) is 17.2 Å². The molecular formula is C10H10F3NO2. The number of rotatable bonds is 3. The molecule has 0 spiro atoms. The minimum absolute atomic E-state index is 0.194. The topological polar surface area (TPSA) is 49.3 Å². The Bertz CT molecular complexity index is 377. The summed E-state index contributed by atoms with van der Waals surface area (Å²) in [6, 6.07) is 6.12. The molecule has 0 bridgehead atoms. The highest BCUT2D eigenvalue weighted by molar-refractivity contribution is 5.91. The molecule has 1 rings (SSSR count). The highest BCUT2D eigenvalue weighted by Gasteiger charge is 2.31. The number of amides is 1. The zero-order valence-electron chi connectivity index (χ0n) is 8.21. The molecule has 16 heavy (non-hydrogen) atoms. The van der Waals surface area contributed by atoms with Crippen molar-refractivity contribution in [1.82, 2.24) is 0 Å². The largest absolute Gasteiger partial charge is 0.397 e. The summed E-state index contributed by atoms with van der Waals surface area (Å²) in [5.41, 5.74) is 0.567. The first-order valence-corrected chi connectivity index (χ1v) is 4.48. The van der Waals surface area contributed by atoms with Crippen molar-refractivity contribution in [3.05, 3.63) is 29.8 Å². The Morgan fingerprint density at radius 2 is 1.94 bits per heavy atom. The number of aliphatic hydroxyl groups is 1. The summed E-state index contributed by atoms with van der Waals surface area (Å²) in [4.78, 5) is 11.0. The lowest BCUT2D eigenvalue weighted by Crippen LogP contribution is -2.21. The standard InChI is InChI=1S/C10H10F3NO2/c11-10(12,13)5-9(16)14-8-4-2-1-3-7(8)6-15/h1-4,15H,5-6H2,(H,14,16). The summed E-state index contributed by atoms with van der Waals surface area (Å²) in [5, 5.41) is 11.0. The number of carbonyl (C=O) groups is 1. The van der Waals surface area contributed by atoms with Gasteiger partial charge >= 0.3 is 6.18 Å². The van der Waals surface area contributed by atoms with Gasteiger partial charge in [0.1, 0.15) is 6.42 Å². The van der Waals surface area contributed by atoms with E-state index in [9.17, 15) is 18.0 Å². The van der Waals surface area contributed by atoms with Crippen LogP contribution in [0.2, 0.25) is 0 Å². The Morgan fingerprint density at radius 3 is 2.50 bits per heavy atom. The van der Waals surface area contributed by atoms with Crippen molar-refractivity contribution >= 4 is 11.6 Å². The van der Waals surface area contributed by atoms with Gasteiger partial charge in [-0.1, -0.05) is 18.2 Å². The SMILES string of the molecule is O=C(CC(F)(F)F)Nc1ccccc1CO. The van der Waals surface area contributed by atoms with Crippen molar-refractivity contribution in [1.29, 1.82) is 0 Å². The third-order valence-electron chi connectivity index (χ3n) is 1.82. The number of halogens is 3. The fraction of sp³-hybridized carbons (Fsp3) is 0.300. The van der Waals surface area contributed by atoms with E-state index in [1.54, 1.807) is 12.1 Å². The molecule has 0 aliphatic heterocycles. The van der Waals surface area contributed by atoms with Crippen LogP contribution in [0.5, 0.6) is 0 Å². The number of para-hydroxylation sites is 1.